The number of rotatable bonds is 7. The van der Waals surface area contributed by atoms with E-state index < -0.39 is 23.7 Å². The number of halogens is 4. The average molecular weight is 438 g/mol. The number of nitrogens with zero attached hydrogens (tertiary/aromatic N) is 2. The molecule has 0 atom stereocenters. The van der Waals surface area contributed by atoms with Gasteiger partial charge >= 0.3 is 12.3 Å². The number of benzene rings is 2. The molecule has 1 heterocycles. The number of amides is 1. The Morgan fingerprint density at radius 3 is 2.43 bits per heavy atom. The number of aromatic nitrogens is 2. The molecule has 0 radical (unpaired) electrons. The minimum atomic E-state index is -4.78. The van der Waals surface area contributed by atoms with Crippen LogP contribution in [0.2, 0.25) is 5.02 Å². The highest BCUT2D eigenvalue weighted by molar-refractivity contribution is 6.30. The zero-order chi connectivity index (χ0) is 21.6. The van der Waals surface area contributed by atoms with E-state index in [9.17, 15) is 18.0 Å². The average Bonchev–Trinajstić information content (AvgIpc) is 3.13. The lowest BCUT2D eigenvalue weighted by Crippen LogP contribution is -2.28. The fourth-order valence-corrected chi connectivity index (χ4v) is 3.00. The van der Waals surface area contributed by atoms with Crippen LogP contribution in [0.3, 0.4) is 0 Å². The largest absolute Gasteiger partial charge is 0.437 e. The summed E-state index contributed by atoms with van der Waals surface area (Å²) in [7, 11) is 0. The van der Waals surface area contributed by atoms with Crippen LogP contribution in [-0.2, 0) is 12.6 Å². The molecule has 1 aromatic heterocycles. The number of alkyl halides is 3. The van der Waals surface area contributed by atoms with Crippen LogP contribution >= 0.6 is 11.6 Å². The summed E-state index contributed by atoms with van der Waals surface area (Å²) in [5, 5.41) is 6.57. The van der Waals surface area contributed by atoms with E-state index in [1.807, 2.05) is 30.3 Å². The number of carbonyl (C=O) groups excluding carboxylic acids is 1. The van der Waals surface area contributed by atoms with Crippen molar-refractivity contribution < 1.29 is 22.7 Å². The second-order valence-electron chi connectivity index (χ2n) is 6.50. The number of ether oxygens (including phenoxy) is 1. The van der Waals surface area contributed by atoms with Crippen molar-refractivity contribution in [2.75, 3.05) is 6.54 Å². The zero-order valence-electron chi connectivity index (χ0n) is 15.8. The van der Waals surface area contributed by atoms with Gasteiger partial charge in [0, 0.05) is 11.6 Å². The van der Waals surface area contributed by atoms with E-state index >= 15 is 0 Å². The van der Waals surface area contributed by atoms with Gasteiger partial charge in [-0.2, -0.15) is 18.3 Å². The van der Waals surface area contributed by atoms with E-state index in [1.54, 1.807) is 0 Å². The molecule has 0 saturated carbocycles. The molecule has 158 valence electrons. The van der Waals surface area contributed by atoms with Crippen LogP contribution in [0, 0.1) is 0 Å². The lowest BCUT2D eigenvalue weighted by molar-refractivity contribution is -0.143. The minimum absolute atomic E-state index is 0.142. The summed E-state index contributed by atoms with van der Waals surface area (Å²) in [6.45, 7) is 0.290. The fourth-order valence-electron chi connectivity index (χ4n) is 2.87. The first kappa shape index (κ1) is 21.7. The van der Waals surface area contributed by atoms with Gasteiger partial charge in [-0.3, -0.25) is 0 Å². The lowest BCUT2D eigenvalue weighted by atomic mass is 10.1. The summed E-state index contributed by atoms with van der Waals surface area (Å²) in [5.74, 6) is -0.667. The SMILES string of the molecule is O=C(NCCCCc1ccccc1)Oc1cnn(-c2ccc(Cl)cc2)c1C(F)(F)F. The lowest BCUT2D eigenvalue weighted by Gasteiger charge is -2.13. The highest BCUT2D eigenvalue weighted by Crippen LogP contribution is 2.37. The predicted octanol–water partition coefficient (Wildman–Crippen LogP) is 5.66. The predicted molar refractivity (Wildman–Crippen MR) is 107 cm³/mol. The van der Waals surface area contributed by atoms with Crippen molar-refractivity contribution in [3.8, 4) is 11.4 Å². The Kier molecular flexibility index (Phi) is 6.99. The molecule has 0 aliphatic carbocycles. The van der Waals surface area contributed by atoms with Crippen molar-refractivity contribution in [1.82, 2.24) is 15.1 Å². The second-order valence-corrected chi connectivity index (χ2v) is 6.94. The highest BCUT2D eigenvalue weighted by Gasteiger charge is 2.40. The van der Waals surface area contributed by atoms with Gasteiger partial charge in [0.05, 0.1) is 11.9 Å². The summed E-state index contributed by atoms with van der Waals surface area (Å²) in [4.78, 5) is 12.0. The first-order valence-electron chi connectivity index (χ1n) is 9.25. The molecule has 0 saturated heterocycles. The normalized spacial score (nSPS) is 11.3. The molecule has 3 rings (SSSR count). The molecular weight excluding hydrogens is 419 g/mol. The smallest absolute Gasteiger partial charge is 0.406 e. The van der Waals surface area contributed by atoms with Crippen molar-refractivity contribution >= 4 is 17.7 Å². The summed E-state index contributed by atoms with van der Waals surface area (Å²) < 4.78 is 46.3. The summed E-state index contributed by atoms with van der Waals surface area (Å²) in [5.41, 5.74) is 0.149. The van der Waals surface area contributed by atoms with Gasteiger partial charge in [-0.25, -0.2) is 9.48 Å². The topological polar surface area (TPSA) is 56.1 Å². The summed E-state index contributed by atoms with van der Waals surface area (Å²) in [6.07, 6.45) is -2.53. The highest BCUT2D eigenvalue weighted by atomic mass is 35.5. The number of aryl methyl sites for hydroxylation is 1. The Balaban J connectivity index is 1.59. The number of hydrogen-bond donors (Lipinski definition) is 1. The molecule has 0 unspecified atom stereocenters. The Morgan fingerprint density at radius 2 is 1.77 bits per heavy atom. The van der Waals surface area contributed by atoms with Crippen LogP contribution in [-0.4, -0.2) is 22.4 Å². The second kappa shape index (κ2) is 9.67. The molecule has 0 spiro atoms. The number of unbranched alkanes of at least 4 members (excludes halogenated alkanes) is 1. The van der Waals surface area contributed by atoms with Crippen LogP contribution in [0.5, 0.6) is 5.75 Å². The fraction of sp³-hybridized carbons (Fsp3) is 0.238. The number of carbonyl (C=O) groups is 1. The molecular formula is C21H19ClF3N3O2. The van der Waals surface area contributed by atoms with E-state index in [4.69, 9.17) is 16.3 Å². The summed E-state index contributed by atoms with van der Waals surface area (Å²) in [6, 6.07) is 15.5. The first-order chi connectivity index (χ1) is 14.3. The van der Waals surface area contributed by atoms with E-state index in [2.05, 4.69) is 10.4 Å². The molecule has 1 amide bonds. The van der Waals surface area contributed by atoms with Gasteiger partial charge in [-0.05, 0) is 49.1 Å². The van der Waals surface area contributed by atoms with Gasteiger partial charge in [-0.15, -0.1) is 0 Å². The third kappa shape index (κ3) is 5.76. The molecule has 3 aromatic rings. The maximum atomic E-state index is 13.6. The quantitative estimate of drug-likeness (QED) is 0.485. The Labute approximate surface area is 176 Å². The van der Waals surface area contributed by atoms with Crippen LogP contribution in [0.15, 0.2) is 60.8 Å². The van der Waals surface area contributed by atoms with Gasteiger partial charge in [0.15, 0.2) is 11.4 Å². The van der Waals surface area contributed by atoms with Crippen LogP contribution in [0.1, 0.15) is 24.1 Å². The molecule has 0 fully saturated rings. The Bertz CT molecular complexity index is 973. The van der Waals surface area contributed by atoms with Gasteiger partial charge < -0.3 is 10.1 Å². The van der Waals surface area contributed by atoms with Gasteiger partial charge in [0.25, 0.3) is 0 Å². The monoisotopic (exact) mass is 437 g/mol. The van der Waals surface area contributed by atoms with Gasteiger partial charge in [0.2, 0.25) is 0 Å². The third-order valence-corrected chi connectivity index (χ3v) is 4.53. The van der Waals surface area contributed by atoms with Gasteiger partial charge in [0.1, 0.15) is 0 Å². The maximum absolute atomic E-state index is 13.6. The van der Waals surface area contributed by atoms with Gasteiger partial charge in [-0.1, -0.05) is 41.9 Å². The van der Waals surface area contributed by atoms with E-state index in [-0.39, 0.29) is 5.69 Å². The maximum Gasteiger partial charge on any atom is 0.437 e. The Hall–Kier alpha value is -3.00. The standard InChI is InChI=1S/C21H19ClF3N3O2/c22-16-9-11-17(12-10-16)28-19(21(23,24)25)18(14-27-28)30-20(29)26-13-5-4-8-15-6-2-1-3-7-15/h1-3,6-7,9-12,14H,4-5,8,13H2,(H,26,29). The van der Waals surface area contributed by atoms with Crippen molar-refractivity contribution in [2.24, 2.45) is 0 Å². The number of nitrogens with one attached hydrogen (secondary N) is 1. The van der Waals surface area contributed by atoms with Crippen molar-refractivity contribution in [1.29, 1.82) is 0 Å². The third-order valence-electron chi connectivity index (χ3n) is 4.28. The van der Waals surface area contributed by atoms with Crippen LogP contribution < -0.4 is 10.1 Å². The zero-order valence-corrected chi connectivity index (χ0v) is 16.6. The first-order valence-corrected chi connectivity index (χ1v) is 9.63. The Morgan fingerprint density at radius 1 is 1.07 bits per heavy atom. The van der Waals surface area contributed by atoms with Crippen molar-refractivity contribution in [3.63, 3.8) is 0 Å². The molecule has 0 aliphatic heterocycles. The summed E-state index contributed by atoms with van der Waals surface area (Å²) >= 11 is 5.78. The molecule has 5 nitrogen and oxygen atoms in total. The number of hydrogen-bond acceptors (Lipinski definition) is 3. The van der Waals surface area contributed by atoms with E-state index in [1.165, 1.54) is 29.8 Å². The molecule has 30 heavy (non-hydrogen) atoms. The van der Waals surface area contributed by atoms with Crippen LogP contribution in [0.4, 0.5) is 18.0 Å². The molecule has 0 bridgehead atoms. The van der Waals surface area contributed by atoms with E-state index in [0.717, 1.165) is 19.0 Å². The molecule has 9 heteroatoms. The van der Waals surface area contributed by atoms with Crippen LogP contribution in [0.25, 0.3) is 5.69 Å². The molecule has 2 aromatic carbocycles. The molecule has 1 N–H and O–H groups in total. The van der Waals surface area contributed by atoms with Crippen molar-refractivity contribution in [2.45, 2.75) is 25.4 Å². The minimum Gasteiger partial charge on any atom is -0.406 e. The van der Waals surface area contributed by atoms with E-state index in [0.29, 0.717) is 22.7 Å². The van der Waals surface area contributed by atoms with Crippen molar-refractivity contribution in [3.05, 3.63) is 77.1 Å². The molecule has 0 aliphatic rings.